The van der Waals surface area contributed by atoms with Crippen molar-refractivity contribution in [3.63, 3.8) is 0 Å². The molecule has 0 unspecified atom stereocenters. The molecule has 8 heteroatoms. The second-order valence-electron chi connectivity index (χ2n) is 6.60. The number of aryl methyl sites for hydroxylation is 1. The Morgan fingerprint density at radius 2 is 1.93 bits per heavy atom. The molecule has 0 bridgehead atoms. The molecule has 1 aromatic carbocycles. The summed E-state index contributed by atoms with van der Waals surface area (Å²) >= 11 is 6.00. The first-order chi connectivity index (χ1) is 13.0. The lowest BCUT2D eigenvalue weighted by Gasteiger charge is -2.14. The molecular weight excluding hydrogens is 368 g/mol. The van der Waals surface area contributed by atoms with E-state index in [1.807, 2.05) is 0 Å². The van der Waals surface area contributed by atoms with Crippen molar-refractivity contribution in [2.75, 3.05) is 32.0 Å². The van der Waals surface area contributed by atoms with Gasteiger partial charge in [0.1, 0.15) is 11.4 Å². The molecule has 7 nitrogen and oxygen atoms in total. The molecule has 1 saturated heterocycles. The normalized spacial score (nSPS) is 14.4. The SMILES string of the molecule is Cc1nn(CCN2CCCC2)c(N)c1C(=O)OCC(=O)c1ccccc1Cl. The summed E-state index contributed by atoms with van der Waals surface area (Å²) in [7, 11) is 0. The summed E-state index contributed by atoms with van der Waals surface area (Å²) in [6.45, 7) is 4.91. The van der Waals surface area contributed by atoms with Crippen LogP contribution >= 0.6 is 11.6 Å². The van der Waals surface area contributed by atoms with Gasteiger partial charge in [-0.2, -0.15) is 5.10 Å². The Bertz CT molecular complexity index is 843. The fourth-order valence-corrected chi connectivity index (χ4v) is 3.47. The van der Waals surface area contributed by atoms with Crippen LogP contribution < -0.4 is 5.73 Å². The second kappa shape index (κ2) is 8.54. The predicted molar refractivity (Wildman–Crippen MR) is 103 cm³/mol. The van der Waals surface area contributed by atoms with Gasteiger partial charge in [0.25, 0.3) is 0 Å². The van der Waals surface area contributed by atoms with E-state index < -0.39 is 12.6 Å². The molecule has 2 N–H and O–H groups in total. The molecule has 1 aromatic heterocycles. The molecule has 144 valence electrons. The Morgan fingerprint density at radius 1 is 1.22 bits per heavy atom. The molecule has 1 fully saturated rings. The monoisotopic (exact) mass is 390 g/mol. The minimum absolute atomic E-state index is 0.211. The topological polar surface area (TPSA) is 90.5 Å². The van der Waals surface area contributed by atoms with E-state index >= 15 is 0 Å². The maximum absolute atomic E-state index is 12.4. The number of Topliss-reactive ketones (excluding diaryl/α,β-unsaturated/α-hetero) is 1. The number of benzene rings is 1. The highest BCUT2D eigenvalue weighted by Crippen LogP contribution is 2.19. The first kappa shape index (κ1) is 19.4. The number of halogens is 1. The predicted octanol–water partition coefficient (Wildman–Crippen LogP) is 2.56. The van der Waals surface area contributed by atoms with Gasteiger partial charge in [0.2, 0.25) is 5.78 Å². The minimum atomic E-state index is -0.655. The van der Waals surface area contributed by atoms with Gasteiger partial charge in [-0.15, -0.1) is 0 Å². The maximum atomic E-state index is 12.4. The minimum Gasteiger partial charge on any atom is -0.454 e. The molecule has 0 radical (unpaired) electrons. The summed E-state index contributed by atoms with van der Waals surface area (Å²) in [5.74, 6) is -0.758. The third kappa shape index (κ3) is 4.48. The highest BCUT2D eigenvalue weighted by Gasteiger charge is 2.23. The van der Waals surface area contributed by atoms with Crippen molar-refractivity contribution in [2.45, 2.75) is 26.3 Å². The lowest BCUT2D eigenvalue weighted by atomic mass is 10.1. The number of nitrogens with two attached hydrogens (primary N) is 1. The van der Waals surface area contributed by atoms with Crippen molar-refractivity contribution < 1.29 is 14.3 Å². The Hall–Kier alpha value is -2.38. The lowest BCUT2D eigenvalue weighted by molar-refractivity contribution is 0.0475. The van der Waals surface area contributed by atoms with Crippen LogP contribution in [0, 0.1) is 6.92 Å². The van der Waals surface area contributed by atoms with E-state index in [2.05, 4.69) is 10.00 Å². The summed E-state index contributed by atoms with van der Waals surface area (Å²) in [5, 5.41) is 4.67. The Morgan fingerprint density at radius 3 is 2.63 bits per heavy atom. The molecule has 0 amide bonds. The summed E-state index contributed by atoms with van der Waals surface area (Å²) in [5.41, 5.74) is 7.13. The third-order valence-corrected chi connectivity index (χ3v) is 5.04. The zero-order valence-electron chi connectivity index (χ0n) is 15.3. The van der Waals surface area contributed by atoms with Crippen LogP contribution in [0.5, 0.6) is 0 Å². The quantitative estimate of drug-likeness (QED) is 0.577. The highest BCUT2D eigenvalue weighted by molar-refractivity contribution is 6.34. The first-order valence-electron chi connectivity index (χ1n) is 8.97. The summed E-state index contributed by atoms with van der Waals surface area (Å²) in [6.07, 6.45) is 2.43. The number of esters is 1. The lowest BCUT2D eigenvalue weighted by Crippen LogP contribution is -2.25. The number of nitrogens with zero attached hydrogens (tertiary/aromatic N) is 3. The number of rotatable bonds is 7. The van der Waals surface area contributed by atoms with Gasteiger partial charge in [-0.1, -0.05) is 23.7 Å². The van der Waals surface area contributed by atoms with Gasteiger partial charge < -0.3 is 15.4 Å². The number of ether oxygens (including phenoxy) is 1. The molecule has 1 aliphatic rings. The summed E-state index contributed by atoms with van der Waals surface area (Å²) < 4.78 is 6.79. The van der Waals surface area contributed by atoms with Crippen molar-refractivity contribution in [2.24, 2.45) is 0 Å². The number of hydrogen-bond donors (Lipinski definition) is 1. The van der Waals surface area contributed by atoms with Crippen molar-refractivity contribution in [1.82, 2.24) is 14.7 Å². The highest BCUT2D eigenvalue weighted by atomic mass is 35.5. The smallest absolute Gasteiger partial charge is 0.344 e. The number of hydrogen-bond acceptors (Lipinski definition) is 6. The van der Waals surface area contributed by atoms with Crippen molar-refractivity contribution >= 4 is 29.2 Å². The number of likely N-dealkylation sites (tertiary alicyclic amines) is 1. The largest absolute Gasteiger partial charge is 0.454 e. The molecule has 0 atom stereocenters. The molecule has 2 heterocycles. The fourth-order valence-electron chi connectivity index (χ4n) is 3.23. The van der Waals surface area contributed by atoms with E-state index in [1.165, 1.54) is 12.8 Å². The molecule has 2 aromatic rings. The van der Waals surface area contributed by atoms with Crippen molar-refractivity contribution in [3.05, 3.63) is 46.1 Å². The number of nitrogen functional groups attached to an aromatic ring is 1. The Balaban J connectivity index is 1.62. The van der Waals surface area contributed by atoms with E-state index in [0.717, 1.165) is 19.6 Å². The van der Waals surface area contributed by atoms with Crippen LogP contribution in [0.1, 0.15) is 39.3 Å². The van der Waals surface area contributed by atoms with E-state index in [0.29, 0.717) is 22.8 Å². The van der Waals surface area contributed by atoms with Crippen LogP contribution in [0.25, 0.3) is 0 Å². The fraction of sp³-hybridized carbons (Fsp3) is 0.421. The van der Waals surface area contributed by atoms with Crippen LogP contribution in [0.3, 0.4) is 0 Å². The third-order valence-electron chi connectivity index (χ3n) is 4.71. The van der Waals surface area contributed by atoms with Gasteiger partial charge in [0.05, 0.1) is 17.3 Å². The molecule has 0 aliphatic carbocycles. The Kier molecular flexibility index (Phi) is 6.13. The summed E-state index contributed by atoms with van der Waals surface area (Å²) in [6, 6.07) is 6.64. The zero-order valence-corrected chi connectivity index (χ0v) is 16.0. The van der Waals surface area contributed by atoms with E-state index in [4.69, 9.17) is 22.1 Å². The van der Waals surface area contributed by atoms with Crippen LogP contribution in [0.15, 0.2) is 24.3 Å². The van der Waals surface area contributed by atoms with E-state index in [1.54, 1.807) is 35.9 Å². The average Bonchev–Trinajstić information content (AvgIpc) is 3.26. The van der Waals surface area contributed by atoms with Crippen molar-refractivity contribution in [1.29, 1.82) is 0 Å². The maximum Gasteiger partial charge on any atom is 0.344 e. The van der Waals surface area contributed by atoms with E-state index in [9.17, 15) is 9.59 Å². The van der Waals surface area contributed by atoms with Crippen LogP contribution in [-0.4, -0.2) is 52.7 Å². The number of anilines is 1. The van der Waals surface area contributed by atoms with Gasteiger partial charge in [-0.25, -0.2) is 9.48 Å². The van der Waals surface area contributed by atoms with Crippen LogP contribution in [0.2, 0.25) is 5.02 Å². The Labute approximate surface area is 163 Å². The van der Waals surface area contributed by atoms with Crippen molar-refractivity contribution in [3.8, 4) is 0 Å². The van der Waals surface area contributed by atoms with Gasteiger partial charge in [-0.3, -0.25) is 4.79 Å². The standard InChI is InChI=1S/C19H23ClN4O3/c1-13-17(18(21)24(22-13)11-10-23-8-4-5-9-23)19(26)27-12-16(25)14-6-2-3-7-15(14)20/h2-3,6-7H,4-5,8-12,21H2,1H3. The van der Waals surface area contributed by atoms with Crippen LogP contribution in [-0.2, 0) is 11.3 Å². The average molecular weight is 391 g/mol. The summed E-state index contributed by atoms with van der Waals surface area (Å²) in [4.78, 5) is 27.0. The first-order valence-corrected chi connectivity index (χ1v) is 9.35. The van der Waals surface area contributed by atoms with Crippen LogP contribution in [0.4, 0.5) is 5.82 Å². The molecule has 0 spiro atoms. The molecule has 1 aliphatic heterocycles. The molecule has 3 rings (SSSR count). The number of aromatic nitrogens is 2. The zero-order chi connectivity index (χ0) is 19.4. The molecule has 27 heavy (non-hydrogen) atoms. The van der Waals surface area contributed by atoms with Gasteiger partial charge in [-0.05, 0) is 45.0 Å². The molecule has 0 saturated carbocycles. The number of ketones is 1. The van der Waals surface area contributed by atoms with Gasteiger partial charge in [0, 0.05) is 12.1 Å². The number of carbonyl (C=O) groups is 2. The van der Waals surface area contributed by atoms with E-state index in [-0.39, 0.29) is 17.2 Å². The molecular formula is C19H23ClN4O3. The van der Waals surface area contributed by atoms with Gasteiger partial charge >= 0.3 is 5.97 Å². The number of carbonyl (C=O) groups excluding carboxylic acids is 2. The second-order valence-corrected chi connectivity index (χ2v) is 7.00. The van der Waals surface area contributed by atoms with Gasteiger partial charge in [0.15, 0.2) is 6.61 Å².